The summed E-state index contributed by atoms with van der Waals surface area (Å²) in [5.74, 6) is 0.793. The third-order valence-corrected chi connectivity index (χ3v) is 6.60. The molecule has 8 nitrogen and oxygen atoms in total. The summed E-state index contributed by atoms with van der Waals surface area (Å²) in [7, 11) is 0. The van der Waals surface area contributed by atoms with Crippen molar-refractivity contribution in [3.8, 4) is 11.8 Å². The molecular formula is C22H22ClF4N7O. The summed E-state index contributed by atoms with van der Waals surface area (Å²) in [6.07, 6.45) is -1.04. The molecule has 1 N–H and O–H groups in total. The maximum absolute atomic E-state index is 13.4. The van der Waals surface area contributed by atoms with Gasteiger partial charge in [0, 0.05) is 37.0 Å². The molecule has 1 saturated carbocycles. The topological polar surface area (TPSA) is 81.0 Å². The normalized spacial score (nSPS) is 21.9. The zero-order valence-corrected chi connectivity index (χ0v) is 19.4. The van der Waals surface area contributed by atoms with Crippen LogP contribution in [0.3, 0.4) is 0 Å². The Labute approximate surface area is 203 Å². The number of nitrogens with one attached hydrogen (secondary N) is 1. The molecule has 2 fully saturated rings. The fourth-order valence-electron chi connectivity index (χ4n) is 4.79. The molecule has 2 aromatic heterocycles. The van der Waals surface area contributed by atoms with Gasteiger partial charge in [-0.2, -0.15) is 18.2 Å². The van der Waals surface area contributed by atoms with Crippen LogP contribution in [0.15, 0.2) is 30.6 Å². The molecule has 0 radical (unpaired) electrons. The number of hydrogen-bond acceptors (Lipinski definition) is 7. The first-order valence-electron chi connectivity index (χ1n) is 11.1. The van der Waals surface area contributed by atoms with Gasteiger partial charge < -0.3 is 15.0 Å². The Morgan fingerprint density at radius 2 is 1.89 bits per heavy atom. The summed E-state index contributed by atoms with van der Waals surface area (Å²) in [4.78, 5) is 14.9. The van der Waals surface area contributed by atoms with Gasteiger partial charge >= 0.3 is 12.2 Å². The van der Waals surface area contributed by atoms with Gasteiger partial charge in [-0.05, 0) is 43.7 Å². The van der Waals surface area contributed by atoms with Crippen molar-refractivity contribution in [1.82, 2.24) is 24.7 Å². The Morgan fingerprint density at radius 1 is 1.14 bits per heavy atom. The third-order valence-electron chi connectivity index (χ3n) is 6.31. The average Bonchev–Trinajstić information content (AvgIpc) is 3.24. The molecule has 3 aromatic rings. The Kier molecular flexibility index (Phi) is 6.16. The van der Waals surface area contributed by atoms with Crippen molar-refractivity contribution in [2.45, 2.75) is 38.5 Å². The number of ether oxygens (including phenoxy) is 1. The Balaban J connectivity index is 1.34. The first-order valence-corrected chi connectivity index (χ1v) is 11.5. The summed E-state index contributed by atoms with van der Waals surface area (Å²) in [5.41, 5.74) is 0.886. The van der Waals surface area contributed by atoms with Gasteiger partial charge in [0.05, 0.1) is 5.02 Å². The van der Waals surface area contributed by atoms with Gasteiger partial charge in [-0.15, -0.1) is 5.10 Å². The molecule has 2 aliphatic rings. The van der Waals surface area contributed by atoms with Gasteiger partial charge in [-0.25, -0.2) is 19.0 Å². The largest absolute Gasteiger partial charge is 0.424 e. The summed E-state index contributed by atoms with van der Waals surface area (Å²) in [5, 5.41) is 7.05. The van der Waals surface area contributed by atoms with Crippen molar-refractivity contribution in [1.29, 1.82) is 0 Å². The molecule has 0 spiro atoms. The number of halogens is 5. The van der Waals surface area contributed by atoms with Crippen molar-refractivity contribution in [2.24, 2.45) is 11.8 Å². The highest BCUT2D eigenvalue weighted by Crippen LogP contribution is 2.40. The number of alkyl halides is 3. The lowest BCUT2D eigenvalue weighted by Gasteiger charge is -2.38. The smallest absolute Gasteiger partial charge is 0.408 e. The number of aromatic nitrogens is 5. The highest BCUT2D eigenvalue weighted by atomic mass is 35.5. The number of aryl methyl sites for hydroxylation is 1. The first kappa shape index (κ1) is 23.6. The zero-order chi connectivity index (χ0) is 24.7. The van der Waals surface area contributed by atoms with Gasteiger partial charge in [-0.1, -0.05) is 11.6 Å². The van der Waals surface area contributed by atoms with Crippen LogP contribution in [-0.2, 0) is 6.54 Å². The average molecular weight is 512 g/mol. The van der Waals surface area contributed by atoms with E-state index in [-0.39, 0.29) is 40.6 Å². The zero-order valence-electron chi connectivity index (χ0n) is 18.6. The summed E-state index contributed by atoms with van der Waals surface area (Å²) in [6.45, 7) is 2.04. The molecule has 35 heavy (non-hydrogen) atoms. The molecule has 0 amide bonds. The lowest BCUT2D eigenvalue weighted by atomic mass is 9.92. The number of nitrogens with zero attached hydrogens (tertiary/aromatic N) is 6. The minimum Gasteiger partial charge on any atom is -0.424 e. The minimum absolute atomic E-state index is 0.00374. The fourth-order valence-corrected chi connectivity index (χ4v) is 4.96. The molecular weight excluding hydrogens is 490 g/mol. The Hall–Kier alpha value is -3.15. The van der Waals surface area contributed by atoms with E-state index in [1.165, 1.54) is 12.1 Å². The van der Waals surface area contributed by atoms with Crippen LogP contribution < -0.4 is 15.0 Å². The number of fused-ring (bicyclic) bond motifs is 2. The molecule has 1 aliphatic carbocycles. The van der Waals surface area contributed by atoms with Crippen LogP contribution in [-0.4, -0.2) is 50.0 Å². The molecule has 5 rings (SSSR count). The van der Waals surface area contributed by atoms with Gasteiger partial charge in [-0.3, -0.25) is 0 Å². The van der Waals surface area contributed by atoms with Crippen molar-refractivity contribution < 1.29 is 22.3 Å². The van der Waals surface area contributed by atoms with E-state index in [4.69, 9.17) is 16.3 Å². The van der Waals surface area contributed by atoms with Crippen molar-refractivity contribution in [2.75, 3.05) is 23.3 Å². The summed E-state index contributed by atoms with van der Waals surface area (Å²) >= 11 is 5.76. The predicted octanol–water partition coefficient (Wildman–Crippen LogP) is 4.85. The lowest BCUT2D eigenvalue weighted by molar-refractivity contribution is -0.143. The van der Waals surface area contributed by atoms with Gasteiger partial charge in [0.2, 0.25) is 5.95 Å². The van der Waals surface area contributed by atoms with Crippen LogP contribution in [0.1, 0.15) is 18.5 Å². The number of rotatable bonds is 6. The van der Waals surface area contributed by atoms with E-state index >= 15 is 0 Å². The highest BCUT2D eigenvalue weighted by molar-refractivity contribution is 6.30. The van der Waals surface area contributed by atoms with Crippen molar-refractivity contribution >= 4 is 23.4 Å². The Morgan fingerprint density at radius 3 is 2.54 bits per heavy atom. The van der Waals surface area contributed by atoms with E-state index in [1.807, 2.05) is 13.0 Å². The van der Waals surface area contributed by atoms with E-state index in [0.29, 0.717) is 4.68 Å². The molecule has 13 heteroatoms. The monoisotopic (exact) mass is 511 g/mol. The standard InChI is InChI=1S/C22H22ClF4N7O/c1-12-6-18(29-11-28-12)33-8-13-2-3-14(9-33)19(13)30-20-31-21(34(32-20)10-22(25,26)27)35-15-4-5-17(24)16(23)7-15/h4-7,11,13-14,19H,2-3,8-10H2,1H3,(H,30,32). The SMILES string of the molecule is Cc1cc(N2CC3CCC(C2)C3Nc2nc(Oc3ccc(F)c(Cl)c3)n(CC(F)(F)F)n2)ncn1. The van der Waals surface area contributed by atoms with E-state index in [0.717, 1.165) is 43.5 Å². The number of benzene rings is 1. The van der Waals surface area contributed by atoms with Crippen molar-refractivity contribution in [3.63, 3.8) is 0 Å². The van der Waals surface area contributed by atoms with Gasteiger partial charge in [0.15, 0.2) is 0 Å². The highest BCUT2D eigenvalue weighted by Gasteiger charge is 2.43. The molecule has 1 saturated heterocycles. The predicted molar refractivity (Wildman–Crippen MR) is 120 cm³/mol. The van der Waals surface area contributed by atoms with Crippen LogP contribution in [0.4, 0.5) is 29.3 Å². The summed E-state index contributed by atoms with van der Waals surface area (Å²) in [6, 6.07) is 5.07. The minimum atomic E-state index is -4.54. The maximum atomic E-state index is 13.4. The maximum Gasteiger partial charge on any atom is 0.408 e. The van der Waals surface area contributed by atoms with E-state index < -0.39 is 18.5 Å². The summed E-state index contributed by atoms with van der Waals surface area (Å²) < 4.78 is 59.1. The van der Waals surface area contributed by atoms with E-state index in [9.17, 15) is 17.6 Å². The van der Waals surface area contributed by atoms with E-state index in [1.54, 1.807) is 6.33 Å². The lowest BCUT2D eigenvalue weighted by Crippen LogP contribution is -2.48. The van der Waals surface area contributed by atoms with Crippen molar-refractivity contribution in [3.05, 3.63) is 47.1 Å². The number of piperidine rings is 1. The van der Waals surface area contributed by atoms with Crippen LogP contribution >= 0.6 is 11.6 Å². The quantitative estimate of drug-likeness (QED) is 0.474. The van der Waals surface area contributed by atoms with Crippen LogP contribution in [0.2, 0.25) is 5.02 Å². The molecule has 186 valence electrons. The second-order valence-electron chi connectivity index (χ2n) is 8.86. The molecule has 2 bridgehead atoms. The third kappa shape index (κ3) is 5.26. The van der Waals surface area contributed by atoms with E-state index in [2.05, 4.69) is 30.3 Å². The van der Waals surface area contributed by atoms with Gasteiger partial charge in [0.1, 0.15) is 30.3 Å². The molecule has 2 unspecified atom stereocenters. The van der Waals surface area contributed by atoms with Crippen LogP contribution in [0, 0.1) is 24.6 Å². The second-order valence-corrected chi connectivity index (χ2v) is 9.27. The van der Waals surface area contributed by atoms with Crippen LogP contribution in [0.5, 0.6) is 11.8 Å². The molecule has 1 aliphatic heterocycles. The Bertz CT molecular complexity index is 1210. The molecule has 2 atom stereocenters. The first-order chi connectivity index (χ1) is 16.6. The van der Waals surface area contributed by atoms with Gasteiger partial charge in [0.25, 0.3) is 0 Å². The molecule has 1 aromatic carbocycles. The molecule has 3 heterocycles. The number of anilines is 2. The fraction of sp³-hybridized carbons (Fsp3) is 0.455. The van der Waals surface area contributed by atoms with Crippen LogP contribution in [0.25, 0.3) is 0 Å². The number of hydrogen-bond donors (Lipinski definition) is 1. The second kappa shape index (κ2) is 9.14.